The van der Waals surface area contributed by atoms with Crippen LogP contribution in [-0.2, 0) is 14.3 Å². The number of carbonyl (C=O) groups excluding carboxylic acids is 2. The highest BCUT2D eigenvalue weighted by molar-refractivity contribution is 5.78. The Bertz CT molecular complexity index is 257. The normalized spacial score (nSPS) is 17.3. The smallest absolute Gasteiger partial charge is 0.410 e. The van der Waals surface area contributed by atoms with Gasteiger partial charge in [-0.25, -0.2) is 4.79 Å². The zero-order valence-electron chi connectivity index (χ0n) is 9.41. The molecule has 0 aromatic heterocycles. The van der Waals surface area contributed by atoms with Crippen LogP contribution in [0.3, 0.4) is 0 Å². The zero-order valence-corrected chi connectivity index (χ0v) is 9.41. The van der Waals surface area contributed by atoms with Crippen LogP contribution in [0.5, 0.6) is 0 Å². The summed E-state index contributed by atoms with van der Waals surface area (Å²) in [4.78, 5) is 24.0. The summed E-state index contributed by atoms with van der Waals surface area (Å²) in [5, 5.41) is 0. The lowest BCUT2D eigenvalue weighted by Gasteiger charge is -2.27. The highest BCUT2D eigenvalue weighted by Gasteiger charge is 2.24. The van der Waals surface area contributed by atoms with Crippen LogP contribution in [0.1, 0.15) is 27.2 Å². The first-order chi connectivity index (χ1) is 6.88. The van der Waals surface area contributed by atoms with E-state index in [9.17, 15) is 9.59 Å². The highest BCUT2D eigenvalue weighted by Crippen LogP contribution is 2.09. The van der Waals surface area contributed by atoms with Crippen LogP contribution in [0, 0.1) is 0 Å². The molecule has 1 amide bonds. The molecule has 1 rings (SSSR count). The van der Waals surface area contributed by atoms with Crippen LogP contribution in [0.2, 0.25) is 0 Å². The van der Waals surface area contributed by atoms with Gasteiger partial charge in [-0.1, -0.05) is 0 Å². The van der Waals surface area contributed by atoms with Crippen LogP contribution in [-0.4, -0.2) is 42.3 Å². The number of esters is 1. The van der Waals surface area contributed by atoms with Crippen LogP contribution in [0.15, 0.2) is 0 Å². The molecule has 0 radical (unpaired) electrons. The Hall–Kier alpha value is -1.26. The van der Waals surface area contributed by atoms with Crippen LogP contribution in [0.25, 0.3) is 0 Å². The van der Waals surface area contributed by atoms with E-state index in [2.05, 4.69) is 0 Å². The molecular weight excluding hydrogens is 198 g/mol. The highest BCUT2D eigenvalue weighted by atomic mass is 16.6. The Kier molecular flexibility index (Phi) is 3.55. The molecule has 0 aromatic carbocycles. The van der Waals surface area contributed by atoms with Gasteiger partial charge in [0.15, 0.2) is 0 Å². The summed E-state index contributed by atoms with van der Waals surface area (Å²) in [6.07, 6.45) is 0.321. The van der Waals surface area contributed by atoms with E-state index in [1.54, 1.807) is 20.8 Å². The van der Waals surface area contributed by atoms with Crippen molar-refractivity contribution in [2.45, 2.75) is 32.8 Å². The van der Waals surface area contributed by atoms with Gasteiger partial charge in [0.25, 0.3) is 0 Å². The van der Waals surface area contributed by atoms with E-state index in [-0.39, 0.29) is 6.54 Å². The van der Waals surface area contributed by atoms with E-state index in [4.69, 9.17) is 9.47 Å². The van der Waals surface area contributed by atoms with Crippen LogP contribution < -0.4 is 0 Å². The summed E-state index contributed by atoms with van der Waals surface area (Å²) in [7, 11) is 0. The molecular formula is C10H17NO4. The zero-order chi connectivity index (χ0) is 11.5. The number of nitrogens with zero attached hydrogens (tertiary/aromatic N) is 1. The van der Waals surface area contributed by atoms with Gasteiger partial charge in [-0.3, -0.25) is 9.69 Å². The minimum atomic E-state index is -0.517. The molecule has 1 fully saturated rings. The molecule has 1 aliphatic rings. The minimum absolute atomic E-state index is 0.0316. The maximum atomic E-state index is 11.4. The van der Waals surface area contributed by atoms with Gasteiger partial charge < -0.3 is 9.47 Å². The number of rotatable bonds is 2. The first kappa shape index (κ1) is 11.8. The molecule has 0 saturated carbocycles. The molecule has 0 N–H and O–H groups in total. The molecule has 0 atom stereocenters. The maximum absolute atomic E-state index is 11.4. The Labute approximate surface area is 89.3 Å². The third kappa shape index (κ3) is 4.18. The Morgan fingerprint density at radius 3 is 2.73 bits per heavy atom. The van der Waals surface area contributed by atoms with E-state index < -0.39 is 17.7 Å². The van der Waals surface area contributed by atoms with Gasteiger partial charge >= 0.3 is 12.1 Å². The van der Waals surface area contributed by atoms with Crippen molar-refractivity contribution >= 4 is 12.1 Å². The summed E-state index contributed by atoms with van der Waals surface area (Å²) in [5.74, 6) is -0.402. The second-order valence-corrected chi connectivity index (χ2v) is 4.48. The van der Waals surface area contributed by atoms with Crippen molar-refractivity contribution < 1.29 is 19.1 Å². The molecule has 0 bridgehead atoms. The number of ether oxygens (including phenoxy) is 2. The number of amides is 1. The Morgan fingerprint density at radius 1 is 1.53 bits per heavy atom. The molecule has 5 nitrogen and oxygen atoms in total. The second-order valence-electron chi connectivity index (χ2n) is 4.48. The van der Waals surface area contributed by atoms with Crippen molar-refractivity contribution in [3.8, 4) is 0 Å². The van der Waals surface area contributed by atoms with Crippen molar-refractivity contribution in [3.05, 3.63) is 0 Å². The van der Waals surface area contributed by atoms with E-state index in [1.165, 1.54) is 4.90 Å². The summed E-state index contributed by atoms with van der Waals surface area (Å²) in [6.45, 7) is 6.33. The molecule has 1 saturated heterocycles. The fourth-order valence-corrected chi connectivity index (χ4v) is 1.27. The quantitative estimate of drug-likeness (QED) is 0.649. The topological polar surface area (TPSA) is 55.8 Å². The monoisotopic (exact) mass is 215 g/mol. The Balaban J connectivity index is 2.40. The largest absolute Gasteiger partial charge is 0.459 e. The van der Waals surface area contributed by atoms with E-state index in [0.717, 1.165) is 6.42 Å². The number of hydrogen-bond donors (Lipinski definition) is 0. The van der Waals surface area contributed by atoms with Crippen molar-refractivity contribution in [1.82, 2.24) is 4.90 Å². The van der Waals surface area contributed by atoms with Crippen molar-refractivity contribution in [1.29, 1.82) is 0 Å². The Morgan fingerprint density at radius 2 is 2.20 bits per heavy atom. The lowest BCUT2D eigenvalue weighted by molar-refractivity contribution is -0.156. The second kappa shape index (κ2) is 4.51. The van der Waals surface area contributed by atoms with Crippen LogP contribution in [0.4, 0.5) is 4.79 Å². The van der Waals surface area contributed by atoms with E-state index >= 15 is 0 Å². The standard InChI is InChI=1S/C10H17NO4/c1-10(2,3)15-8(12)7-11-5-4-6-14-9(11)13/h4-7H2,1-3H3. The van der Waals surface area contributed by atoms with Gasteiger partial charge in [0.2, 0.25) is 0 Å². The number of cyclic esters (lactones) is 1. The predicted octanol–water partition coefficient (Wildman–Crippen LogP) is 1.17. The lowest BCUT2D eigenvalue weighted by atomic mass is 10.2. The lowest BCUT2D eigenvalue weighted by Crippen LogP contribution is -2.42. The fourth-order valence-electron chi connectivity index (χ4n) is 1.27. The predicted molar refractivity (Wildman–Crippen MR) is 53.4 cm³/mol. The average molecular weight is 215 g/mol. The van der Waals surface area contributed by atoms with Gasteiger partial charge in [0, 0.05) is 6.54 Å². The minimum Gasteiger partial charge on any atom is -0.459 e. The molecule has 86 valence electrons. The fraction of sp³-hybridized carbons (Fsp3) is 0.800. The molecule has 0 spiro atoms. The van der Waals surface area contributed by atoms with E-state index in [0.29, 0.717) is 13.2 Å². The third-order valence-corrected chi connectivity index (χ3v) is 1.80. The summed E-state index contributed by atoms with van der Waals surface area (Å²) >= 11 is 0. The molecule has 1 aliphatic heterocycles. The number of hydrogen-bond acceptors (Lipinski definition) is 4. The maximum Gasteiger partial charge on any atom is 0.410 e. The first-order valence-corrected chi connectivity index (χ1v) is 5.02. The van der Waals surface area contributed by atoms with Gasteiger partial charge in [0.05, 0.1) is 6.61 Å². The van der Waals surface area contributed by atoms with Crippen molar-refractivity contribution in [3.63, 3.8) is 0 Å². The summed E-state index contributed by atoms with van der Waals surface area (Å²) in [6, 6.07) is 0. The van der Waals surface area contributed by atoms with Gasteiger partial charge in [-0.15, -0.1) is 0 Å². The van der Waals surface area contributed by atoms with Crippen LogP contribution >= 0.6 is 0 Å². The summed E-state index contributed by atoms with van der Waals surface area (Å²) in [5.41, 5.74) is -0.517. The van der Waals surface area contributed by atoms with Crippen molar-refractivity contribution in [2.75, 3.05) is 19.7 Å². The SMILES string of the molecule is CC(C)(C)OC(=O)CN1CCCOC1=O. The molecule has 0 aromatic rings. The first-order valence-electron chi connectivity index (χ1n) is 5.02. The van der Waals surface area contributed by atoms with Crippen molar-refractivity contribution in [2.24, 2.45) is 0 Å². The third-order valence-electron chi connectivity index (χ3n) is 1.80. The molecule has 0 aliphatic carbocycles. The van der Waals surface area contributed by atoms with Gasteiger partial charge in [0.1, 0.15) is 12.1 Å². The summed E-state index contributed by atoms with van der Waals surface area (Å²) < 4.78 is 9.90. The van der Waals surface area contributed by atoms with Gasteiger partial charge in [-0.2, -0.15) is 0 Å². The molecule has 5 heteroatoms. The molecule has 0 unspecified atom stereocenters. The molecule has 15 heavy (non-hydrogen) atoms. The number of carbonyl (C=O) groups is 2. The molecule has 1 heterocycles. The van der Waals surface area contributed by atoms with E-state index in [1.807, 2.05) is 0 Å². The van der Waals surface area contributed by atoms with Gasteiger partial charge in [-0.05, 0) is 27.2 Å². The average Bonchev–Trinajstić information content (AvgIpc) is 2.05.